The van der Waals surface area contributed by atoms with Crippen LogP contribution in [0, 0.1) is 11.6 Å². The van der Waals surface area contributed by atoms with Crippen LogP contribution >= 0.6 is 0 Å². The molecular formula is C13H10F2O2. The lowest BCUT2D eigenvalue weighted by Gasteiger charge is -2.07. The van der Waals surface area contributed by atoms with E-state index in [0.29, 0.717) is 11.5 Å². The van der Waals surface area contributed by atoms with Gasteiger partial charge in [0.05, 0.1) is 7.11 Å². The summed E-state index contributed by atoms with van der Waals surface area (Å²) in [4.78, 5) is 0. The van der Waals surface area contributed by atoms with Gasteiger partial charge in [-0.1, -0.05) is 0 Å². The first kappa shape index (κ1) is 11.4. The van der Waals surface area contributed by atoms with E-state index in [2.05, 4.69) is 0 Å². The summed E-state index contributed by atoms with van der Waals surface area (Å²) in [7, 11) is 1.45. The molecule has 0 spiro atoms. The van der Waals surface area contributed by atoms with E-state index in [0.717, 1.165) is 0 Å². The smallest absolute Gasteiger partial charge is 0.169 e. The lowest BCUT2D eigenvalue weighted by molar-refractivity contribution is 0.402. The third-order valence-corrected chi connectivity index (χ3v) is 2.18. The van der Waals surface area contributed by atoms with Gasteiger partial charge in [0.1, 0.15) is 17.3 Å². The summed E-state index contributed by atoms with van der Waals surface area (Å²) in [5.41, 5.74) is 0. The SMILES string of the molecule is COc1ccc(Oc2ccc(F)cc2)c(F)c1. The molecule has 0 unspecified atom stereocenters. The van der Waals surface area contributed by atoms with Gasteiger partial charge in [-0.15, -0.1) is 0 Å². The fourth-order valence-electron chi connectivity index (χ4n) is 1.32. The number of methoxy groups -OCH3 is 1. The number of ether oxygens (including phenoxy) is 2. The van der Waals surface area contributed by atoms with Crippen molar-refractivity contribution in [3.63, 3.8) is 0 Å². The Morgan fingerprint density at radius 1 is 0.882 bits per heavy atom. The molecule has 0 radical (unpaired) electrons. The molecule has 4 heteroatoms. The fourth-order valence-corrected chi connectivity index (χ4v) is 1.32. The van der Waals surface area contributed by atoms with Gasteiger partial charge in [-0.2, -0.15) is 0 Å². The van der Waals surface area contributed by atoms with Crippen LogP contribution in [0.2, 0.25) is 0 Å². The minimum Gasteiger partial charge on any atom is -0.497 e. The summed E-state index contributed by atoms with van der Waals surface area (Å²) in [6.07, 6.45) is 0. The predicted octanol–water partition coefficient (Wildman–Crippen LogP) is 3.77. The van der Waals surface area contributed by atoms with E-state index in [1.807, 2.05) is 0 Å². The van der Waals surface area contributed by atoms with Gasteiger partial charge < -0.3 is 9.47 Å². The molecule has 2 aromatic carbocycles. The summed E-state index contributed by atoms with van der Waals surface area (Å²) >= 11 is 0. The Bertz CT molecular complexity index is 509. The zero-order chi connectivity index (χ0) is 12.3. The summed E-state index contributed by atoms with van der Waals surface area (Å²) < 4.78 is 36.3. The van der Waals surface area contributed by atoms with Crippen molar-refractivity contribution < 1.29 is 18.3 Å². The van der Waals surface area contributed by atoms with Gasteiger partial charge in [-0.3, -0.25) is 0 Å². The molecule has 0 aliphatic carbocycles. The first-order valence-electron chi connectivity index (χ1n) is 4.96. The van der Waals surface area contributed by atoms with Gasteiger partial charge in [0.15, 0.2) is 11.6 Å². The van der Waals surface area contributed by atoms with Crippen LogP contribution in [0.1, 0.15) is 0 Å². The Kier molecular flexibility index (Phi) is 3.23. The zero-order valence-electron chi connectivity index (χ0n) is 9.11. The van der Waals surface area contributed by atoms with Crippen LogP contribution in [0.25, 0.3) is 0 Å². The molecule has 0 heterocycles. The Balaban J connectivity index is 2.21. The van der Waals surface area contributed by atoms with E-state index in [4.69, 9.17) is 9.47 Å². The van der Waals surface area contributed by atoms with Crippen LogP contribution < -0.4 is 9.47 Å². The van der Waals surface area contributed by atoms with Crippen molar-refractivity contribution in [2.24, 2.45) is 0 Å². The highest BCUT2D eigenvalue weighted by molar-refractivity contribution is 5.36. The largest absolute Gasteiger partial charge is 0.497 e. The maximum atomic E-state index is 13.5. The number of hydrogen-bond donors (Lipinski definition) is 0. The van der Waals surface area contributed by atoms with Gasteiger partial charge in [0.25, 0.3) is 0 Å². The van der Waals surface area contributed by atoms with E-state index < -0.39 is 5.82 Å². The second kappa shape index (κ2) is 4.82. The topological polar surface area (TPSA) is 18.5 Å². The molecular weight excluding hydrogens is 226 g/mol. The molecule has 0 N–H and O–H groups in total. The van der Waals surface area contributed by atoms with Crippen LogP contribution in [0.3, 0.4) is 0 Å². The van der Waals surface area contributed by atoms with Crippen LogP contribution in [0.15, 0.2) is 42.5 Å². The van der Waals surface area contributed by atoms with Crippen molar-refractivity contribution >= 4 is 0 Å². The monoisotopic (exact) mass is 236 g/mol. The molecule has 0 amide bonds. The first-order valence-corrected chi connectivity index (χ1v) is 4.96. The standard InChI is InChI=1S/C13H10F2O2/c1-16-11-6-7-13(12(15)8-11)17-10-4-2-9(14)3-5-10/h2-8H,1H3. The van der Waals surface area contributed by atoms with Crippen molar-refractivity contribution in [1.29, 1.82) is 0 Å². The molecule has 88 valence electrons. The number of benzene rings is 2. The van der Waals surface area contributed by atoms with Gasteiger partial charge in [-0.25, -0.2) is 8.78 Å². The number of rotatable bonds is 3. The zero-order valence-corrected chi connectivity index (χ0v) is 9.11. The Morgan fingerprint density at radius 3 is 2.12 bits per heavy atom. The molecule has 0 aromatic heterocycles. The molecule has 2 rings (SSSR count). The highest BCUT2D eigenvalue weighted by Crippen LogP contribution is 2.27. The van der Waals surface area contributed by atoms with Crippen LogP contribution in [0.5, 0.6) is 17.2 Å². The minimum atomic E-state index is -0.534. The van der Waals surface area contributed by atoms with Crippen LogP contribution in [-0.2, 0) is 0 Å². The Morgan fingerprint density at radius 2 is 1.53 bits per heavy atom. The van der Waals surface area contributed by atoms with E-state index in [-0.39, 0.29) is 11.6 Å². The summed E-state index contributed by atoms with van der Waals surface area (Å²) in [6.45, 7) is 0. The number of halogens is 2. The normalized spacial score (nSPS) is 10.1. The molecule has 0 fully saturated rings. The molecule has 0 aliphatic rings. The van der Waals surface area contributed by atoms with Crippen molar-refractivity contribution in [2.75, 3.05) is 7.11 Å². The summed E-state index contributed by atoms with van der Waals surface area (Å²) in [5, 5.41) is 0. The molecule has 0 aliphatic heterocycles. The third-order valence-electron chi connectivity index (χ3n) is 2.18. The maximum Gasteiger partial charge on any atom is 0.169 e. The number of hydrogen-bond acceptors (Lipinski definition) is 2. The maximum absolute atomic E-state index is 13.5. The van der Waals surface area contributed by atoms with E-state index in [9.17, 15) is 8.78 Å². The molecule has 2 nitrogen and oxygen atoms in total. The van der Waals surface area contributed by atoms with Crippen molar-refractivity contribution in [1.82, 2.24) is 0 Å². The second-order valence-corrected chi connectivity index (χ2v) is 3.35. The van der Waals surface area contributed by atoms with Crippen molar-refractivity contribution in [3.05, 3.63) is 54.1 Å². The predicted molar refractivity (Wildman–Crippen MR) is 59.4 cm³/mol. The molecule has 0 saturated carbocycles. The molecule has 0 saturated heterocycles. The minimum absolute atomic E-state index is 0.0670. The van der Waals surface area contributed by atoms with Gasteiger partial charge >= 0.3 is 0 Å². The van der Waals surface area contributed by atoms with E-state index in [1.54, 1.807) is 6.07 Å². The van der Waals surface area contributed by atoms with E-state index >= 15 is 0 Å². The van der Waals surface area contributed by atoms with Crippen LogP contribution in [0.4, 0.5) is 8.78 Å². The second-order valence-electron chi connectivity index (χ2n) is 3.35. The van der Waals surface area contributed by atoms with E-state index in [1.165, 1.54) is 43.5 Å². The lowest BCUT2D eigenvalue weighted by atomic mass is 10.3. The highest BCUT2D eigenvalue weighted by atomic mass is 19.1. The van der Waals surface area contributed by atoms with Gasteiger partial charge in [-0.05, 0) is 36.4 Å². The van der Waals surface area contributed by atoms with Crippen molar-refractivity contribution in [3.8, 4) is 17.2 Å². The van der Waals surface area contributed by atoms with Crippen molar-refractivity contribution in [2.45, 2.75) is 0 Å². The molecule has 0 bridgehead atoms. The Hall–Kier alpha value is -2.10. The van der Waals surface area contributed by atoms with Gasteiger partial charge in [0.2, 0.25) is 0 Å². The first-order chi connectivity index (χ1) is 8.19. The molecule has 17 heavy (non-hydrogen) atoms. The highest BCUT2D eigenvalue weighted by Gasteiger charge is 2.06. The van der Waals surface area contributed by atoms with Gasteiger partial charge in [0, 0.05) is 6.07 Å². The fraction of sp³-hybridized carbons (Fsp3) is 0.0769. The molecule has 2 aromatic rings. The lowest BCUT2D eigenvalue weighted by Crippen LogP contribution is -1.90. The molecule has 0 atom stereocenters. The van der Waals surface area contributed by atoms with Crippen LogP contribution in [-0.4, -0.2) is 7.11 Å². The average molecular weight is 236 g/mol. The quantitative estimate of drug-likeness (QED) is 0.807. The summed E-state index contributed by atoms with van der Waals surface area (Å²) in [5.74, 6) is -0.0527. The third kappa shape index (κ3) is 2.72. The summed E-state index contributed by atoms with van der Waals surface area (Å²) in [6, 6.07) is 9.61. The average Bonchev–Trinajstić information content (AvgIpc) is 2.34. The Labute approximate surface area is 97.4 Å².